The summed E-state index contributed by atoms with van der Waals surface area (Å²) in [5, 5.41) is 1.92. The fraction of sp³-hybridized carbons (Fsp3) is 0.333. The van der Waals surface area contributed by atoms with Gasteiger partial charge in [-0.3, -0.25) is 9.80 Å². The molecule has 1 amide bonds. The van der Waals surface area contributed by atoms with Crippen molar-refractivity contribution in [2.45, 2.75) is 26.4 Å². The van der Waals surface area contributed by atoms with Crippen LogP contribution >= 0.6 is 22.6 Å². The van der Waals surface area contributed by atoms with Gasteiger partial charge in [0.25, 0.3) is 5.91 Å². The molecule has 0 saturated heterocycles. The third-order valence-corrected chi connectivity index (χ3v) is 5.31. The zero-order valence-electron chi connectivity index (χ0n) is 17.7. The van der Waals surface area contributed by atoms with Crippen molar-refractivity contribution in [2.75, 3.05) is 25.9 Å². The van der Waals surface area contributed by atoms with E-state index in [4.69, 9.17) is 10.5 Å². The van der Waals surface area contributed by atoms with Crippen LogP contribution in [0.4, 0.5) is 10.2 Å². The summed E-state index contributed by atoms with van der Waals surface area (Å²) in [4.78, 5) is 18.8. The molecule has 0 unspecified atom stereocenters. The van der Waals surface area contributed by atoms with Gasteiger partial charge in [0.2, 0.25) is 0 Å². The number of aromatic nitrogens is 1. The molecule has 2 heterocycles. The van der Waals surface area contributed by atoms with Gasteiger partial charge in [-0.2, -0.15) is 0 Å². The van der Waals surface area contributed by atoms with E-state index in [1.807, 2.05) is 11.2 Å². The molecular formula is C21H26FIN6O2. The van der Waals surface area contributed by atoms with E-state index in [2.05, 4.69) is 45.5 Å². The number of ether oxygens (including phenoxy) is 1. The fourth-order valence-corrected chi connectivity index (χ4v) is 3.64. The molecule has 3 rings (SSSR count). The maximum Gasteiger partial charge on any atom is 0.254 e. The second-order valence-electron chi connectivity index (χ2n) is 7.27. The van der Waals surface area contributed by atoms with Gasteiger partial charge in [-0.25, -0.2) is 9.37 Å². The van der Waals surface area contributed by atoms with Gasteiger partial charge in [0.1, 0.15) is 11.9 Å². The first-order valence-electron chi connectivity index (χ1n) is 9.90. The second-order valence-corrected chi connectivity index (χ2v) is 8.52. The van der Waals surface area contributed by atoms with Crippen LogP contribution in [0, 0.1) is 9.39 Å². The van der Waals surface area contributed by atoms with Crippen LogP contribution in [0.5, 0.6) is 5.75 Å². The number of halogens is 2. The first-order valence-corrected chi connectivity index (χ1v) is 11.0. The van der Waals surface area contributed by atoms with Crippen molar-refractivity contribution >= 4 is 34.3 Å². The van der Waals surface area contributed by atoms with Crippen molar-refractivity contribution in [3.05, 3.63) is 62.9 Å². The van der Waals surface area contributed by atoms with E-state index in [0.29, 0.717) is 23.4 Å². The van der Waals surface area contributed by atoms with Gasteiger partial charge in [0.05, 0.1) is 12.2 Å². The number of nitrogens with one attached hydrogen (secondary N) is 2. The quantitative estimate of drug-likeness (QED) is 0.443. The third kappa shape index (κ3) is 5.76. The molecule has 0 aliphatic carbocycles. The highest BCUT2D eigenvalue weighted by Gasteiger charge is 2.23. The zero-order valence-corrected chi connectivity index (χ0v) is 19.8. The lowest BCUT2D eigenvalue weighted by atomic mass is 10.0. The first-order chi connectivity index (χ1) is 14.8. The van der Waals surface area contributed by atoms with Crippen LogP contribution in [0.1, 0.15) is 42.3 Å². The number of anilines is 1. The normalized spacial score (nSPS) is 14.1. The Bertz CT molecular complexity index is 986. The molecule has 1 aromatic carbocycles. The molecule has 0 spiro atoms. The van der Waals surface area contributed by atoms with Crippen molar-refractivity contribution in [3.63, 3.8) is 0 Å². The van der Waals surface area contributed by atoms with E-state index in [1.54, 1.807) is 31.1 Å². The van der Waals surface area contributed by atoms with Crippen molar-refractivity contribution in [3.8, 4) is 5.75 Å². The zero-order chi connectivity index (χ0) is 22.5. The monoisotopic (exact) mass is 540 g/mol. The largest absolute Gasteiger partial charge is 0.482 e. The summed E-state index contributed by atoms with van der Waals surface area (Å²) in [7, 11) is 1.70. The van der Waals surface area contributed by atoms with E-state index in [1.165, 1.54) is 18.2 Å². The van der Waals surface area contributed by atoms with Gasteiger partial charge in [-0.15, -0.1) is 5.53 Å². The van der Waals surface area contributed by atoms with Crippen molar-refractivity contribution < 1.29 is 13.9 Å². The van der Waals surface area contributed by atoms with Gasteiger partial charge < -0.3 is 20.8 Å². The highest BCUT2D eigenvalue weighted by atomic mass is 127. The van der Waals surface area contributed by atoms with Crippen LogP contribution in [0.25, 0.3) is 0 Å². The molecule has 1 aromatic heterocycles. The van der Waals surface area contributed by atoms with Gasteiger partial charge in [0.15, 0.2) is 11.6 Å². The fourth-order valence-electron chi connectivity index (χ4n) is 3.22. The number of hydrazine groups is 2. The van der Waals surface area contributed by atoms with E-state index < -0.39 is 11.9 Å². The molecule has 0 radical (unpaired) electrons. The molecule has 0 bridgehead atoms. The smallest absolute Gasteiger partial charge is 0.254 e. The van der Waals surface area contributed by atoms with Crippen molar-refractivity contribution in [1.29, 1.82) is 0 Å². The minimum absolute atomic E-state index is 0.233. The number of likely N-dealkylation sites (N-methyl/N-ethyl adjacent to an activating group) is 1. The average Bonchev–Trinajstić information content (AvgIpc) is 3.17. The van der Waals surface area contributed by atoms with Crippen LogP contribution in [0.15, 0.2) is 42.4 Å². The van der Waals surface area contributed by atoms with Gasteiger partial charge in [-0.05, 0) is 60.2 Å². The Morgan fingerprint density at radius 3 is 2.94 bits per heavy atom. The van der Waals surface area contributed by atoms with Crippen LogP contribution < -0.4 is 21.4 Å². The molecule has 1 atom stereocenters. The number of nitrogens with two attached hydrogens (primary N) is 1. The lowest BCUT2D eigenvalue weighted by Crippen LogP contribution is -2.39. The molecular weight excluding hydrogens is 514 g/mol. The first kappa shape index (κ1) is 23.1. The third-order valence-electron chi connectivity index (χ3n) is 4.72. The van der Waals surface area contributed by atoms with Gasteiger partial charge in [0, 0.05) is 40.7 Å². The highest BCUT2D eigenvalue weighted by molar-refractivity contribution is 14.1. The Balaban J connectivity index is 1.79. The number of benzene rings is 1. The number of hydrogen-bond acceptors (Lipinski definition) is 7. The number of pyridine rings is 1. The molecule has 8 nitrogen and oxygen atoms in total. The second kappa shape index (κ2) is 10.1. The molecule has 166 valence electrons. The molecule has 10 heteroatoms. The number of nitrogens with zero attached hydrogens (tertiary/aromatic N) is 3. The van der Waals surface area contributed by atoms with Crippen LogP contribution in [0.2, 0.25) is 0 Å². The molecule has 0 fully saturated rings. The van der Waals surface area contributed by atoms with E-state index in [0.717, 1.165) is 22.2 Å². The molecule has 1 aliphatic heterocycles. The van der Waals surface area contributed by atoms with Crippen LogP contribution in [0.3, 0.4) is 0 Å². The Labute approximate surface area is 194 Å². The maximum atomic E-state index is 14.0. The maximum absolute atomic E-state index is 14.0. The number of amides is 1. The standard InChI is InChI=1S/C21H26FIN6O2/c1-4-7-29-12-16(26-27-29)11-28(3)21(30)17-6-5-14(22)8-18(17)13(2)31-19-9-15(23)10-25-20(19)24/h5-6,8-10,12-13,26-27H,4,7,11H2,1-3H3,(H2,24,25)/t13-/m1/s1. The SMILES string of the molecule is CCCN1C=C(CN(C)C(=O)c2ccc(F)cc2[C@@H](C)Oc2cc(I)cnc2N)NN1. The highest BCUT2D eigenvalue weighted by Crippen LogP contribution is 2.29. The summed E-state index contributed by atoms with van der Waals surface area (Å²) in [6.07, 6.45) is 3.93. The van der Waals surface area contributed by atoms with E-state index >= 15 is 0 Å². The topological polar surface area (TPSA) is 95.8 Å². The number of carbonyl (C=O) groups is 1. The van der Waals surface area contributed by atoms with Gasteiger partial charge >= 0.3 is 0 Å². The summed E-state index contributed by atoms with van der Waals surface area (Å²) >= 11 is 2.11. The summed E-state index contributed by atoms with van der Waals surface area (Å²) in [5.41, 5.74) is 13.7. The Hall–Kier alpha value is -2.60. The Morgan fingerprint density at radius 2 is 2.19 bits per heavy atom. The molecule has 0 saturated carbocycles. The molecule has 1 aliphatic rings. The summed E-state index contributed by atoms with van der Waals surface area (Å²) in [6, 6.07) is 5.83. The number of nitrogen functional groups attached to an aromatic ring is 1. The molecule has 2 aromatic rings. The number of carbonyl (C=O) groups excluding carboxylic acids is 1. The Morgan fingerprint density at radius 1 is 1.42 bits per heavy atom. The number of hydrogen-bond donors (Lipinski definition) is 3. The van der Waals surface area contributed by atoms with Gasteiger partial charge in [-0.1, -0.05) is 6.92 Å². The summed E-state index contributed by atoms with van der Waals surface area (Å²) in [6.45, 7) is 5.05. The Kier molecular flexibility index (Phi) is 7.55. The predicted molar refractivity (Wildman–Crippen MR) is 125 cm³/mol. The van der Waals surface area contributed by atoms with Crippen molar-refractivity contribution in [2.24, 2.45) is 0 Å². The average molecular weight is 540 g/mol. The molecule has 4 N–H and O–H groups in total. The lowest BCUT2D eigenvalue weighted by Gasteiger charge is -2.22. The number of rotatable bonds is 8. The summed E-state index contributed by atoms with van der Waals surface area (Å²) in [5.74, 6) is -0.0661. The minimum atomic E-state index is -0.615. The van der Waals surface area contributed by atoms with Crippen LogP contribution in [-0.4, -0.2) is 40.9 Å². The summed E-state index contributed by atoms with van der Waals surface area (Å²) < 4.78 is 20.8. The lowest BCUT2D eigenvalue weighted by molar-refractivity contribution is 0.0800. The van der Waals surface area contributed by atoms with E-state index in [-0.39, 0.29) is 11.7 Å². The molecule has 31 heavy (non-hydrogen) atoms. The minimum Gasteiger partial charge on any atom is -0.482 e. The van der Waals surface area contributed by atoms with E-state index in [9.17, 15) is 9.18 Å². The predicted octanol–water partition coefficient (Wildman–Crippen LogP) is 3.20. The van der Waals surface area contributed by atoms with Crippen LogP contribution in [-0.2, 0) is 0 Å². The van der Waals surface area contributed by atoms with Crippen molar-refractivity contribution in [1.82, 2.24) is 25.9 Å².